The lowest BCUT2D eigenvalue weighted by atomic mass is 10.2. The SMILES string of the molecule is Cc1cc(C2CC2)n(-c2ccc(NC(=O)Cc3ccncc3)cn2)n1. The quantitative estimate of drug-likeness (QED) is 0.779. The summed E-state index contributed by atoms with van der Waals surface area (Å²) in [5.41, 5.74) is 3.83. The Kier molecular flexibility index (Phi) is 4.01. The first kappa shape index (κ1) is 15.5. The monoisotopic (exact) mass is 333 g/mol. The summed E-state index contributed by atoms with van der Waals surface area (Å²) in [5.74, 6) is 1.30. The number of aryl methyl sites for hydroxylation is 1. The smallest absolute Gasteiger partial charge is 0.228 e. The van der Waals surface area contributed by atoms with Crippen molar-refractivity contribution >= 4 is 11.6 Å². The number of carbonyl (C=O) groups excluding carboxylic acids is 1. The van der Waals surface area contributed by atoms with Gasteiger partial charge in [-0.3, -0.25) is 9.78 Å². The Morgan fingerprint density at radius 2 is 2.04 bits per heavy atom. The van der Waals surface area contributed by atoms with Crippen LogP contribution in [0, 0.1) is 6.92 Å². The van der Waals surface area contributed by atoms with Gasteiger partial charge >= 0.3 is 0 Å². The van der Waals surface area contributed by atoms with Crippen LogP contribution in [0.15, 0.2) is 48.9 Å². The molecule has 1 fully saturated rings. The fourth-order valence-corrected chi connectivity index (χ4v) is 2.85. The summed E-state index contributed by atoms with van der Waals surface area (Å²) in [7, 11) is 0. The lowest BCUT2D eigenvalue weighted by Crippen LogP contribution is -2.14. The molecule has 0 spiro atoms. The van der Waals surface area contributed by atoms with E-state index >= 15 is 0 Å². The summed E-state index contributed by atoms with van der Waals surface area (Å²) < 4.78 is 1.91. The minimum Gasteiger partial charge on any atom is -0.324 e. The van der Waals surface area contributed by atoms with E-state index in [-0.39, 0.29) is 5.91 Å². The number of carbonyl (C=O) groups is 1. The Bertz CT molecular complexity index is 882. The molecule has 3 aromatic rings. The minimum absolute atomic E-state index is 0.0747. The van der Waals surface area contributed by atoms with Crippen LogP contribution in [0.4, 0.5) is 5.69 Å². The van der Waals surface area contributed by atoms with E-state index in [0.717, 1.165) is 17.1 Å². The van der Waals surface area contributed by atoms with Crippen molar-refractivity contribution < 1.29 is 4.79 Å². The van der Waals surface area contributed by atoms with Crippen molar-refractivity contribution in [1.29, 1.82) is 0 Å². The predicted octanol–water partition coefficient (Wildman–Crippen LogP) is 3.03. The lowest BCUT2D eigenvalue weighted by molar-refractivity contribution is -0.115. The van der Waals surface area contributed by atoms with Gasteiger partial charge in [-0.2, -0.15) is 5.10 Å². The van der Waals surface area contributed by atoms with Gasteiger partial charge in [0.05, 0.1) is 24.0 Å². The molecule has 0 saturated heterocycles. The molecule has 0 aliphatic heterocycles. The fourth-order valence-electron chi connectivity index (χ4n) is 2.85. The Morgan fingerprint density at radius 1 is 1.24 bits per heavy atom. The third kappa shape index (κ3) is 3.57. The van der Waals surface area contributed by atoms with Crippen LogP contribution in [0.25, 0.3) is 5.82 Å². The van der Waals surface area contributed by atoms with Crippen LogP contribution in [-0.4, -0.2) is 25.7 Å². The van der Waals surface area contributed by atoms with Crippen molar-refractivity contribution in [1.82, 2.24) is 19.7 Å². The van der Waals surface area contributed by atoms with Crippen molar-refractivity contribution in [2.24, 2.45) is 0 Å². The number of pyridine rings is 2. The van der Waals surface area contributed by atoms with E-state index in [2.05, 4.69) is 26.4 Å². The largest absolute Gasteiger partial charge is 0.324 e. The van der Waals surface area contributed by atoms with Gasteiger partial charge in [-0.15, -0.1) is 0 Å². The second kappa shape index (κ2) is 6.47. The zero-order chi connectivity index (χ0) is 17.2. The average molecular weight is 333 g/mol. The van der Waals surface area contributed by atoms with Crippen molar-refractivity contribution in [3.63, 3.8) is 0 Å². The molecule has 25 heavy (non-hydrogen) atoms. The number of hydrogen-bond acceptors (Lipinski definition) is 4. The Hall–Kier alpha value is -3.02. The number of nitrogens with zero attached hydrogens (tertiary/aromatic N) is 4. The standard InChI is InChI=1S/C19H19N5O/c1-13-10-17(15-2-3-15)24(23-13)18-5-4-16(12-21-18)22-19(25)11-14-6-8-20-9-7-14/h4-10,12,15H,2-3,11H2,1H3,(H,22,25). The summed E-state index contributed by atoms with van der Waals surface area (Å²) >= 11 is 0. The first-order chi connectivity index (χ1) is 12.2. The second-order valence-corrected chi connectivity index (χ2v) is 6.38. The molecule has 0 unspecified atom stereocenters. The molecule has 1 amide bonds. The number of nitrogens with one attached hydrogen (secondary N) is 1. The molecule has 1 aliphatic carbocycles. The van der Waals surface area contributed by atoms with Crippen molar-refractivity contribution in [3.05, 3.63) is 65.9 Å². The molecule has 0 atom stereocenters. The summed E-state index contributed by atoms with van der Waals surface area (Å²) in [6.07, 6.45) is 7.79. The van der Waals surface area contributed by atoms with E-state index in [0.29, 0.717) is 18.0 Å². The maximum atomic E-state index is 12.1. The molecule has 0 radical (unpaired) electrons. The van der Waals surface area contributed by atoms with Gasteiger partial charge in [0.1, 0.15) is 0 Å². The molecule has 126 valence electrons. The van der Waals surface area contributed by atoms with Crippen molar-refractivity contribution in [2.45, 2.75) is 32.1 Å². The van der Waals surface area contributed by atoms with Gasteiger partial charge in [0.25, 0.3) is 0 Å². The molecular weight excluding hydrogens is 314 g/mol. The van der Waals surface area contributed by atoms with E-state index in [1.54, 1.807) is 18.6 Å². The summed E-state index contributed by atoms with van der Waals surface area (Å²) in [4.78, 5) is 20.5. The fraction of sp³-hybridized carbons (Fsp3) is 0.263. The summed E-state index contributed by atoms with van der Waals surface area (Å²) in [6.45, 7) is 2.00. The molecule has 3 heterocycles. The van der Waals surface area contributed by atoms with E-state index in [9.17, 15) is 4.79 Å². The molecule has 4 rings (SSSR count). The van der Waals surface area contributed by atoms with Crippen LogP contribution in [0.5, 0.6) is 0 Å². The van der Waals surface area contributed by atoms with Gasteiger partial charge in [-0.25, -0.2) is 9.67 Å². The van der Waals surface area contributed by atoms with E-state index in [1.807, 2.05) is 35.9 Å². The second-order valence-electron chi connectivity index (χ2n) is 6.38. The molecule has 6 heteroatoms. The Morgan fingerprint density at radius 3 is 2.72 bits per heavy atom. The average Bonchev–Trinajstić information content (AvgIpc) is 3.38. The van der Waals surface area contributed by atoms with Crippen LogP contribution < -0.4 is 5.32 Å². The molecule has 6 nitrogen and oxygen atoms in total. The van der Waals surface area contributed by atoms with Crippen LogP contribution in [-0.2, 0) is 11.2 Å². The Labute approximate surface area is 145 Å². The van der Waals surface area contributed by atoms with E-state index < -0.39 is 0 Å². The van der Waals surface area contributed by atoms with Gasteiger partial charge in [-0.05, 0) is 55.7 Å². The number of aromatic nitrogens is 4. The highest BCUT2D eigenvalue weighted by molar-refractivity contribution is 5.92. The molecule has 3 aromatic heterocycles. The van der Waals surface area contributed by atoms with Crippen LogP contribution in [0.1, 0.15) is 35.7 Å². The summed E-state index contributed by atoms with van der Waals surface area (Å²) in [6, 6.07) is 9.55. The highest BCUT2D eigenvalue weighted by Crippen LogP contribution is 2.40. The van der Waals surface area contributed by atoms with Gasteiger partial charge in [-0.1, -0.05) is 0 Å². The maximum absolute atomic E-state index is 12.1. The number of anilines is 1. The molecule has 1 N–H and O–H groups in total. The molecular formula is C19H19N5O. The molecule has 0 bridgehead atoms. The zero-order valence-corrected chi connectivity index (χ0v) is 14.0. The van der Waals surface area contributed by atoms with Crippen molar-refractivity contribution in [2.75, 3.05) is 5.32 Å². The summed E-state index contributed by atoms with van der Waals surface area (Å²) in [5, 5.41) is 7.42. The first-order valence-electron chi connectivity index (χ1n) is 8.41. The minimum atomic E-state index is -0.0747. The third-order valence-corrected chi connectivity index (χ3v) is 4.22. The first-order valence-corrected chi connectivity index (χ1v) is 8.41. The van der Waals surface area contributed by atoms with Crippen LogP contribution in [0.3, 0.4) is 0 Å². The van der Waals surface area contributed by atoms with E-state index in [4.69, 9.17) is 0 Å². The van der Waals surface area contributed by atoms with Crippen molar-refractivity contribution in [3.8, 4) is 5.82 Å². The van der Waals surface area contributed by atoms with Gasteiger partial charge in [0.2, 0.25) is 5.91 Å². The Balaban J connectivity index is 1.46. The topological polar surface area (TPSA) is 72.7 Å². The van der Waals surface area contributed by atoms with E-state index in [1.165, 1.54) is 18.5 Å². The highest BCUT2D eigenvalue weighted by atomic mass is 16.1. The zero-order valence-electron chi connectivity index (χ0n) is 14.0. The highest BCUT2D eigenvalue weighted by Gasteiger charge is 2.28. The van der Waals surface area contributed by atoms with Crippen LogP contribution >= 0.6 is 0 Å². The normalized spacial score (nSPS) is 13.6. The number of rotatable bonds is 5. The third-order valence-electron chi connectivity index (χ3n) is 4.22. The van der Waals surface area contributed by atoms with Gasteiger partial charge in [0, 0.05) is 24.0 Å². The molecule has 0 aromatic carbocycles. The van der Waals surface area contributed by atoms with Gasteiger partial charge < -0.3 is 5.32 Å². The number of amides is 1. The molecule has 1 saturated carbocycles. The lowest BCUT2D eigenvalue weighted by Gasteiger charge is -2.08. The number of hydrogen-bond donors (Lipinski definition) is 1. The maximum Gasteiger partial charge on any atom is 0.228 e. The predicted molar refractivity (Wildman–Crippen MR) is 94.6 cm³/mol. The molecule has 1 aliphatic rings. The van der Waals surface area contributed by atoms with Gasteiger partial charge in [0.15, 0.2) is 5.82 Å². The van der Waals surface area contributed by atoms with Crippen LogP contribution in [0.2, 0.25) is 0 Å².